The standard InChI is InChI=1S/C9H13NO3S/c1-4(10)8(13)5-2-6(11)9(14)7(12)3-5/h2-4,8,11-14H,10H2,1H3. The first-order valence-electron chi connectivity index (χ1n) is 4.12. The molecule has 5 heteroatoms. The molecule has 0 saturated carbocycles. The summed E-state index contributed by atoms with van der Waals surface area (Å²) in [6.07, 6.45) is -0.916. The fraction of sp³-hybridized carbons (Fsp3) is 0.333. The number of thiol groups is 1. The molecule has 0 aliphatic carbocycles. The van der Waals surface area contributed by atoms with Crippen LogP contribution in [-0.2, 0) is 0 Å². The van der Waals surface area contributed by atoms with E-state index in [-0.39, 0.29) is 16.4 Å². The van der Waals surface area contributed by atoms with E-state index in [2.05, 4.69) is 12.6 Å². The van der Waals surface area contributed by atoms with Crippen LogP contribution in [0.15, 0.2) is 17.0 Å². The van der Waals surface area contributed by atoms with E-state index in [1.807, 2.05) is 0 Å². The first-order valence-corrected chi connectivity index (χ1v) is 4.56. The quantitative estimate of drug-likeness (QED) is 0.472. The van der Waals surface area contributed by atoms with Crippen LogP contribution in [0.3, 0.4) is 0 Å². The maximum atomic E-state index is 9.57. The average Bonchev–Trinajstić information content (AvgIpc) is 2.12. The van der Waals surface area contributed by atoms with Gasteiger partial charge in [-0.1, -0.05) is 0 Å². The van der Waals surface area contributed by atoms with Gasteiger partial charge in [-0.2, -0.15) is 0 Å². The number of phenolic OH excluding ortho intramolecular Hbond substituents is 2. The Kier molecular flexibility index (Phi) is 3.25. The molecule has 0 heterocycles. The summed E-state index contributed by atoms with van der Waals surface area (Å²) in [7, 11) is 0. The van der Waals surface area contributed by atoms with E-state index in [4.69, 9.17) is 5.73 Å². The van der Waals surface area contributed by atoms with E-state index < -0.39 is 12.1 Å². The molecular formula is C9H13NO3S. The third-order valence-corrected chi connectivity index (χ3v) is 2.39. The van der Waals surface area contributed by atoms with Gasteiger partial charge < -0.3 is 21.1 Å². The number of aliphatic hydroxyl groups is 1. The smallest absolute Gasteiger partial charge is 0.133 e. The molecule has 0 radical (unpaired) electrons. The maximum absolute atomic E-state index is 9.57. The van der Waals surface area contributed by atoms with Crippen LogP contribution in [0, 0.1) is 0 Å². The van der Waals surface area contributed by atoms with Crippen molar-refractivity contribution in [3.63, 3.8) is 0 Å². The number of hydrogen-bond donors (Lipinski definition) is 5. The Morgan fingerprint density at radius 2 is 1.71 bits per heavy atom. The van der Waals surface area contributed by atoms with Crippen molar-refractivity contribution in [3.05, 3.63) is 17.7 Å². The van der Waals surface area contributed by atoms with Gasteiger partial charge in [-0.15, -0.1) is 12.6 Å². The fourth-order valence-corrected chi connectivity index (χ4v) is 1.23. The summed E-state index contributed by atoms with van der Waals surface area (Å²) in [5.74, 6) is -0.355. The van der Waals surface area contributed by atoms with Gasteiger partial charge in [-0.25, -0.2) is 0 Å². The van der Waals surface area contributed by atoms with E-state index >= 15 is 0 Å². The second-order valence-electron chi connectivity index (χ2n) is 3.21. The van der Waals surface area contributed by atoms with Crippen molar-refractivity contribution >= 4 is 12.6 Å². The molecule has 0 aliphatic heterocycles. The third kappa shape index (κ3) is 2.12. The molecule has 5 N–H and O–H groups in total. The van der Waals surface area contributed by atoms with E-state index in [0.717, 1.165) is 0 Å². The summed E-state index contributed by atoms with van der Waals surface area (Å²) < 4.78 is 0. The minimum atomic E-state index is -0.916. The summed E-state index contributed by atoms with van der Waals surface area (Å²) in [5.41, 5.74) is 5.84. The Morgan fingerprint density at radius 1 is 1.29 bits per heavy atom. The molecule has 78 valence electrons. The zero-order chi connectivity index (χ0) is 10.9. The molecule has 1 aromatic rings. The number of benzene rings is 1. The SMILES string of the molecule is CC(N)C(O)c1cc(O)c(S)c(O)c1. The molecule has 14 heavy (non-hydrogen) atoms. The van der Waals surface area contributed by atoms with E-state index in [1.54, 1.807) is 6.92 Å². The van der Waals surface area contributed by atoms with Crippen LogP contribution in [0.5, 0.6) is 11.5 Å². The summed E-state index contributed by atoms with van der Waals surface area (Å²) in [6, 6.07) is 2.19. The number of aliphatic hydroxyl groups excluding tert-OH is 1. The van der Waals surface area contributed by atoms with Crippen molar-refractivity contribution in [2.24, 2.45) is 5.73 Å². The molecule has 0 bridgehead atoms. The summed E-state index contributed by atoms with van der Waals surface area (Å²) in [4.78, 5) is 0.0885. The second-order valence-corrected chi connectivity index (χ2v) is 3.66. The van der Waals surface area contributed by atoms with Crippen LogP contribution in [-0.4, -0.2) is 21.4 Å². The van der Waals surface area contributed by atoms with E-state index in [0.29, 0.717) is 5.56 Å². The normalized spacial score (nSPS) is 15.1. The highest BCUT2D eigenvalue weighted by molar-refractivity contribution is 7.80. The minimum Gasteiger partial charge on any atom is -0.507 e. The van der Waals surface area contributed by atoms with Crippen LogP contribution in [0.2, 0.25) is 0 Å². The Bertz CT molecular complexity index is 318. The highest BCUT2D eigenvalue weighted by Gasteiger charge is 2.15. The first-order chi connectivity index (χ1) is 6.43. The minimum absolute atomic E-state index is 0.0885. The molecule has 2 unspecified atom stereocenters. The lowest BCUT2D eigenvalue weighted by Crippen LogP contribution is -2.24. The van der Waals surface area contributed by atoms with Crippen molar-refractivity contribution in [2.45, 2.75) is 24.0 Å². The molecule has 0 saturated heterocycles. The van der Waals surface area contributed by atoms with Gasteiger partial charge in [-0.05, 0) is 24.6 Å². The van der Waals surface area contributed by atoms with Gasteiger partial charge in [0.25, 0.3) is 0 Å². The van der Waals surface area contributed by atoms with Gasteiger partial charge in [0.15, 0.2) is 0 Å². The van der Waals surface area contributed by atoms with Crippen molar-refractivity contribution in [1.82, 2.24) is 0 Å². The van der Waals surface area contributed by atoms with Gasteiger partial charge in [0.1, 0.15) is 11.5 Å². The lowest BCUT2D eigenvalue weighted by atomic mass is 10.0. The van der Waals surface area contributed by atoms with Gasteiger partial charge >= 0.3 is 0 Å². The van der Waals surface area contributed by atoms with Crippen molar-refractivity contribution in [1.29, 1.82) is 0 Å². The largest absolute Gasteiger partial charge is 0.507 e. The van der Waals surface area contributed by atoms with Crippen LogP contribution in [0.1, 0.15) is 18.6 Å². The zero-order valence-corrected chi connectivity index (χ0v) is 8.57. The Balaban J connectivity index is 3.12. The van der Waals surface area contributed by atoms with E-state index in [1.165, 1.54) is 12.1 Å². The Labute approximate surface area is 87.4 Å². The molecule has 0 fully saturated rings. The molecule has 0 aliphatic rings. The molecule has 1 rings (SSSR count). The molecule has 0 spiro atoms. The molecule has 4 nitrogen and oxygen atoms in total. The Morgan fingerprint density at radius 3 is 2.07 bits per heavy atom. The van der Waals surface area contributed by atoms with Crippen molar-refractivity contribution < 1.29 is 15.3 Å². The number of aromatic hydroxyl groups is 2. The first kappa shape index (κ1) is 11.2. The Hall–Kier alpha value is -0.910. The topological polar surface area (TPSA) is 86.7 Å². The molecular weight excluding hydrogens is 202 g/mol. The lowest BCUT2D eigenvalue weighted by molar-refractivity contribution is 0.152. The van der Waals surface area contributed by atoms with Gasteiger partial charge in [-0.3, -0.25) is 0 Å². The second kappa shape index (κ2) is 4.08. The third-order valence-electron chi connectivity index (χ3n) is 1.93. The number of rotatable bonds is 2. The predicted octanol–water partition coefficient (Wildman–Crippen LogP) is 0.767. The predicted molar refractivity (Wildman–Crippen MR) is 55.6 cm³/mol. The molecule has 0 aromatic heterocycles. The monoisotopic (exact) mass is 215 g/mol. The molecule has 0 amide bonds. The van der Waals surface area contributed by atoms with Gasteiger partial charge in [0, 0.05) is 6.04 Å². The zero-order valence-electron chi connectivity index (χ0n) is 7.68. The van der Waals surface area contributed by atoms with Crippen LogP contribution >= 0.6 is 12.6 Å². The molecule has 1 aromatic carbocycles. The van der Waals surface area contributed by atoms with Crippen LogP contribution in [0.25, 0.3) is 0 Å². The highest BCUT2D eigenvalue weighted by atomic mass is 32.1. The number of nitrogens with two attached hydrogens (primary N) is 1. The van der Waals surface area contributed by atoms with Gasteiger partial charge in [0.2, 0.25) is 0 Å². The van der Waals surface area contributed by atoms with Crippen molar-refractivity contribution in [2.75, 3.05) is 0 Å². The van der Waals surface area contributed by atoms with Crippen LogP contribution < -0.4 is 5.73 Å². The fourth-order valence-electron chi connectivity index (χ4n) is 1.10. The van der Waals surface area contributed by atoms with Gasteiger partial charge in [0.05, 0.1) is 11.0 Å². The average molecular weight is 215 g/mol. The number of hydrogen-bond acceptors (Lipinski definition) is 5. The van der Waals surface area contributed by atoms with Crippen molar-refractivity contribution in [3.8, 4) is 11.5 Å². The highest BCUT2D eigenvalue weighted by Crippen LogP contribution is 2.34. The van der Waals surface area contributed by atoms with E-state index in [9.17, 15) is 15.3 Å². The maximum Gasteiger partial charge on any atom is 0.133 e. The van der Waals surface area contributed by atoms with Crippen LogP contribution in [0.4, 0.5) is 0 Å². The summed E-state index contributed by atoms with van der Waals surface area (Å²) in [5, 5.41) is 28.2. The number of phenols is 2. The summed E-state index contributed by atoms with van der Waals surface area (Å²) in [6.45, 7) is 1.63. The molecule has 2 atom stereocenters. The summed E-state index contributed by atoms with van der Waals surface area (Å²) >= 11 is 3.87. The lowest BCUT2D eigenvalue weighted by Gasteiger charge is -2.16.